The summed E-state index contributed by atoms with van der Waals surface area (Å²) in [5, 5.41) is 40.4. The summed E-state index contributed by atoms with van der Waals surface area (Å²) in [6.07, 6.45) is 0. The molecule has 0 radical (unpaired) electrons. The van der Waals surface area contributed by atoms with Crippen molar-refractivity contribution in [3.05, 3.63) is 152 Å². The van der Waals surface area contributed by atoms with Gasteiger partial charge in [-0.1, -0.05) is 60.7 Å². The van der Waals surface area contributed by atoms with Crippen LogP contribution in [0, 0.1) is 0 Å². The van der Waals surface area contributed by atoms with E-state index >= 15 is 0 Å². The predicted octanol–water partition coefficient (Wildman–Crippen LogP) is 1.62. The third-order valence-corrected chi connectivity index (χ3v) is 14.2. The van der Waals surface area contributed by atoms with Crippen LogP contribution in [-0.2, 0) is 40.5 Å². The molecule has 0 fully saturated rings. The summed E-state index contributed by atoms with van der Waals surface area (Å²) in [6, 6.07) is 35.6. The van der Waals surface area contributed by atoms with E-state index in [1.807, 2.05) is 6.07 Å². The van der Waals surface area contributed by atoms with Crippen LogP contribution < -0.4 is 94.0 Å². The fourth-order valence-electron chi connectivity index (χ4n) is 7.59. The van der Waals surface area contributed by atoms with Gasteiger partial charge in [-0.25, -0.2) is 33.7 Å². The summed E-state index contributed by atoms with van der Waals surface area (Å²) in [4.78, 5) is -3.16. The van der Waals surface area contributed by atoms with Crippen LogP contribution in [0.4, 0.5) is 45.5 Å². The summed E-state index contributed by atoms with van der Waals surface area (Å²) >= 11 is 0. The smallest absolute Gasteiger partial charge is 0.744 e. The molecule has 0 saturated carbocycles. The number of hydrogen-bond acceptors (Lipinski definition) is 20. The van der Waals surface area contributed by atoms with E-state index in [0.717, 1.165) is 42.5 Å². The zero-order valence-corrected chi connectivity index (χ0v) is 47.4. The number of nitrogens with one attached hydrogen (secondary N) is 1. The summed E-state index contributed by atoms with van der Waals surface area (Å²) in [5.41, 5.74) is 0.722. The second-order valence-corrected chi connectivity index (χ2v) is 20.6. The zero-order valence-electron chi connectivity index (χ0n) is 38.1. The summed E-state index contributed by atoms with van der Waals surface area (Å²) in [6.45, 7) is 0. The van der Waals surface area contributed by atoms with Gasteiger partial charge in [0.25, 0.3) is 0 Å². The van der Waals surface area contributed by atoms with Crippen molar-refractivity contribution in [3.63, 3.8) is 0 Å². The van der Waals surface area contributed by atoms with Crippen LogP contribution in [0.1, 0.15) is 0 Å². The van der Waals surface area contributed by atoms with Crippen molar-refractivity contribution >= 4 is 129 Å². The van der Waals surface area contributed by atoms with E-state index < -0.39 is 71.5 Å². The molecule has 9 aromatic rings. The normalized spacial score (nSPS) is 12.4. The van der Waals surface area contributed by atoms with E-state index in [1.165, 1.54) is 48.5 Å². The third kappa shape index (κ3) is 12.4. The first-order chi connectivity index (χ1) is 33.1. The number of hydrogen-bond donors (Lipinski definition) is 2. The van der Waals surface area contributed by atoms with Gasteiger partial charge in [0.15, 0.2) is 5.75 Å². The first-order valence-electron chi connectivity index (χ1n) is 20.0. The molecule has 27 heteroatoms. The van der Waals surface area contributed by atoms with Crippen LogP contribution >= 0.6 is 0 Å². The number of azo groups is 3. The van der Waals surface area contributed by atoms with Crippen LogP contribution in [0.5, 0.6) is 5.75 Å². The molecule has 2 N–H and O–H groups in total. The van der Waals surface area contributed by atoms with Crippen LogP contribution in [0.25, 0.3) is 43.1 Å². The summed E-state index contributed by atoms with van der Waals surface area (Å²) in [5.74, 6) is -0.691. The van der Waals surface area contributed by atoms with Crippen LogP contribution in [0.3, 0.4) is 0 Å². The Morgan fingerprint density at radius 3 is 1.45 bits per heavy atom. The Hall–Kier alpha value is -4.94. The van der Waals surface area contributed by atoms with E-state index in [0.29, 0.717) is 22.1 Å². The van der Waals surface area contributed by atoms with Crippen molar-refractivity contribution in [3.8, 4) is 5.75 Å². The van der Waals surface area contributed by atoms with Gasteiger partial charge in [-0.3, -0.25) is 0 Å². The molecule has 0 aliphatic heterocycles. The molecule has 0 saturated heterocycles. The molecule has 0 aromatic heterocycles. The van der Waals surface area contributed by atoms with Gasteiger partial charge in [-0.05, 0) is 96.4 Å². The molecule has 0 amide bonds. The van der Waals surface area contributed by atoms with E-state index in [-0.39, 0.29) is 149 Å². The molecule has 20 nitrogen and oxygen atoms in total. The number of fused-ring (bicyclic) bond motifs is 4. The Labute approximate surface area is 482 Å². The summed E-state index contributed by atoms with van der Waals surface area (Å²) in [7, 11) is -20.6. The second kappa shape index (κ2) is 22.5. The average molecular weight is 1080 g/mol. The minimum absolute atomic E-state index is 0. The molecule has 9 aromatic carbocycles. The molecule has 352 valence electrons. The van der Waals surface area contributed by atoms with Gasteiger partial charge in [0, 0.05) is 49.1 Å². The van der Waals surface area contributed by atoms with Gasteiger partial charge in [0.1, 0.15) is 46.2 Å². The molecular weight excluding hydrogens is 1060 g/mol. The number of rotatable bonds is 12. The fraction of sp³-hybridized carbons (Fsp3) is 0. The van der Waals surface area contributed by atoms with Gasteiger partial charge in [-0.2, -0.15) is 5.11 Å². The number of para-hydroxylation sites is 1. The molecule has 0 aliphatic rings. The van der Waals surface area contributed by atoms with Crippen molar-refractivity contribution in [2.45, 2.75) is 19.6 Å². The Bertz CT molecular complexity index is 4250. The molecule has 73 heavy (non-hydrogen) atoms. The molecule has 9 rings (SSSR count). The number of benzene rings is 9. The minimum Gasteiger partial charge on any atom is -0.744 e. The van der Waals surface area contributed by atoms with Gasteiger partial charge >= 0.3 is 88.7 Å². The first kappa shape index (κ1) is 57.3. The first-order valence-corrected chi connectivity index (χ1v) is 25.6. The molecule has 0 atom stereocenters. The molecule has 0 unspecified atom stereocenters. The summed E-state index contributed by atoms with van der Waals surface area (Å²) < 4.78 is 147. The standard InChI is InChI=1S/C46H31N7O13S4.3Na/c54-46-31-15-13-28(47-27-7-2-1-3-8-27)21-26(31)22-44(70(64,65)66)45(46)53-52-41-20-19-40(34-16-14-30(25-36(34)41)67(55,56)57)51-50-39-18-17-38(32-9-4-5-10-33(32)39)49-48-29-23-37-35(43(24-29)69(61,62)63)11-6-12-42(37)68(58,59)60;;;/h1-25,47,54H,(H,55,56,57)(H,58,59,60)(H,61,62,63)(H,64,65,66);;;/q;3*+1/p-4. The van der Waals surface area contributed by atoms with Crippen molar-refractivity contribution in [2.24, 2.45) is 30.7 Å². The topological polar surface area (TPSA) is 335 Å². The van der Waals surface area contributed by atoms with Crippen molar-refractivity contribution < 1.29 is 146 Å². The van der Waals surface area contributed by atoms with E-state index in [4.69, 9.17) is 0 Å². The van der Waals surface area contributed by atoms with E-state index in [9.17, 15) is 57.0 Å². The third-order valence-electron chi connectivity index (χ3n) is 10.7. The quantitative estimate of drug-likeness (QED) is 0.0998. The maximum Gasteiger partial charge on any atom is 1.00 e. The van der Waals surface area contributed by atoms with Crippen LogP contribution in [0.15, 0.2) is 202 Å². The molecule has 0 aliphatic carbocycles. The van der Waals surface area contributed by atoms with Gasteiger partial charge < -0.3 is 28.6 Å². The number of nitrogens with zero attached hydrogens (tertiary/aromatic N) is 6. The van der Waals surface area contributed by atoms with Gasteiger partial charge in [-0.15, -0.1) is 25.6 Å². The van der Waals surface area contributed by atoms with Crippen molar-refractivity contribution in [1.29, 1.82) is 0 Å². The number of anilines is 2. The number of aromatic hydroxyl groups is 1. The Balaban J connectivity index is 0.00000290. The average Bonchev–Trinajstić information content (AvgIpc) is 3.31. The predicted molar refractivity (Wildman–Crippen MR) is 252 cm³/mol. The second-order valence-electron chi connectivity index (χ2n) is 15.2. The number of phenols is 1. The maximum atomic E-state index is 12.6. The van der Waals surface area contributed by atoms with Gasteiger partial charge in [0.2, 0.25) is 0 Å². The molecule has 0 spiro atoms. The van der Waals surface area contributed by atoms with E-state index in [1.54, 1.807) is 54.6 Å². The Kier molecular flexibility index (Phi) is 17.7. The van der Waals surface area contributed by atoms with Crippen molar-refractivity contribution in [1.82, 2.24) is 0 Å². The number of phenolic OH excluding ortho intramolecular Hbond substituents is 1. The Morgan fingerprint density at radius 2 is 0.877 bits per heavy atom. The molecule has 0 bridgehead atoms. The zero-order chi connectivity index (χ0) is 49.8. The van der Waals surface area contributed by atoms with Gasteiger partial charge in [0.05, 0.1) is 48.0 Å². The molecular formula is C46H27N7Na3O13S4-. The largest absolute Gasteiger partial charge is 1.00 e. The van der Waals surface area contributed by atoms with Crippen molar-refractivity contribution in [2.75, 3.05) is 5.32 Å². The minimum atomic E-state index is -5.29. The maximum absolute atomic E-state index is 12.6. The SMILES string of the molecule is O=S(=O)([O-])c1ccc2c(N=Nc3ccc(N=Nc4cc(S(=O)(=O)[O-])c5cccc(S(=O)(=O)[O-])c5c4)c4ccccc34)ccc(N=Nc3c(S(=O)(=O)[O-])cc4cc(Nc5ccccc5)ccc4c3O)c2c1.[Na+].[Na+].[Na+]. The molecule has 0 heterocycles. The van der Waals surface area contributed by atoms with E-state index in [2.05, 4.69) is 36.0 Å². The van der Waals surface area contributed by atoms with Crippen LogP contribution in [-0.4, -0.2) is 57.0 Å². The monoisotopic (exact) mass is 1080 g/mol. The fourth-order valence-corrected chi connectivity index (χ4v) is 10.1. The Morgan fingerprint density at radius 1 is 0.370 bits per heavy atom. The van der Waals surface area contributed by atoms with Crippen LogP contribution in [0.2, 0.25) is 0 Å².